The quantitative estimate of drug-likeness (QED) is 0.637. The molecular weight excluding hydrogens is 450 g/mol. The predicted molar refractivity (Wildman–Crippen MR) is 124 cm³/mol. The van der Waals surface area contributed by atoms with Gasteiger partial charge < -0.3 is 4.90 Å². The second-order valence-corrected chi connectivity index (χ2v) is 13.0. The van der Waals surface area contributed by atoms with Crippen LogP contribution in [0.5, 0.6) is 0 Å². The van der Waals surface area contributed by atoms with Crippen molar-refractivity contribution in [2.45, 2.75) is 62.8 Å². The maximum atomic E-state index is 13.2. The summed E-state index contributed by atoms with van der Waals surface area (Å²) in [5.74, 6) is 0.117. The lowest BCUT2D eigenvalue weighted by atomic mass is 9.93. The number of carbonyl (C=O) groups excluding carboxylic acids is 1. The summed E-state index contributed by atoms with van der Waals surface area (Å²) in [6.45, 7) is 5.60. The van der Waals surface area contributed by atoms with Gasteiger partial charge in [0.25, 0.3) is 0 Å². The van der Waals surface area contributed by atoms with Crippen LogP contribution in [-0.2, 0) is 24.8 Å². The minimum atomic E-state index is -3.58. The molecule has 0 saturated carbocycles. The van der Waals surface area contributed by atoms with Gasteiger partial charge in [-0.05, 0) is 55.7 Å². The summed E-state index contributed by atoms with van der Waals surface area (Å²) in [6.07, 6.45) is 4.71. The number of benzene rings is 1. The Morgan fingerprint density at radius 3 is 2.19 bits per heavy atom. The molecule has 2 saturated heterocycles. The Morgan fingerprint density at radius 2 is 1.62 bits per heavy atom. The molecule has 1 unspecified atom stereocenters. The first-order valence-electron chi connectivity index (χ1n) is 11.3. The fraction of sp³-hybridized carbons (Fsp3) is 0.682. The van der Waals surface area contributed by atoms with Gasteiger partial charge in [0.1, 0.15) is 0 Å². The van der Waals surface area contributed by atoms with Gasteiger partial charge in [-0.15, -0.1) is 0 Å². The Labute approximate surface area is 192 Å². The molecule has 8 nitrogen and oxygen atoms in total. The third-order valence-corrected chi connectivity index (χ3v) is 9.08. The molecule has 0 aromatic heterocycles. The van der Waals surface area contributed by atoms with E-state index < -0.39 is 20.0 Å². The number of hydrogen-bond donors (Lipinski definition) is 1. The van der Waals surface area contributed by atoms with Crippen LogP contribution in [0.1, 0.15) is 57.4 Å². The van der Waals surface area contributed by atoms with E-state index in [1.165, 1.54) is 4.31 Å². The van der Waals surface area contributed by atoms with E-state index in [1.54, 1.807) is 17.0 Å². The minimum Gasteiger partial charge on any atom is -0.338 e. The average Bonchev–Trinajstić information content (AvgIpc) is 2.77. The molecule has 1 N–H and O–H groups in total. The van der Waals surface area contributed by atoms with Crippen LogP contribution in [0.3, 0.4) is 0 Å². The van der Waals surface area contributed by atoms with Crippen molar-refractivity contribution in [2.24, 2.45) is 5.92 Å². The van der Waals surface area contributed by atoms with Crippen molar-refractivity contribution in [2.75, 3.05) is 32.4 Å². The lowest BCUT2D eigenvalue weighted by molar-refractivity contribution is -0.140. The maximum Gasteiger partial charge on any atom is 0.243 e. The van der Waals surface area contributed by atoms with Crippen molar-refractivity contribution in [3.8, 4) is 0 Å². The molecule has 2 aliphatic heterocycles. The van der Waals surface area contributed by atoms with Crippen molar-refractivity contribution >= 4 is 26.0 Å². The van der Waals surface area contributed by atoms with E-state index in [2.05, 4.69) is 18.6 Å². The second kappa shape index (κ2) is 10.2. The molecule has 1 aromatic rings. The first-order valence-corrected chi connectivity index (χ1v) is 14.7. The Bertz CT molecular complexity index is 999. The third kappa shape index (κ3) is 6.09. The van der Waals surface area contributed by atoms with Gasteiger partial charge in [0, 0.05) is 38.1 Å². The third-order valence-electron chi connectivity index (χ3n) is 6.48. The van der Waals surface area contributed by atoms with Crippen LogP contribution in [0.15, 0.2) is 29.2 Å². The molecule has 3 rings (SSSR count). The number of piperidine rings is 2. The standard InChI is InChI=1S/C22H35N3O5S2/c1-17(2)18-7-9-21(10-8-18)32(29,30)24-14-11-19(12-15-24)22(26)25-13-5-4-6-20(25)16-23-31(3,27)28/h7-10,17,19-20,23H,4-6,11-16H2,1-3H3. The van der Waals surface area contributed by atoms with Gasteiger partial charge >= 0.3 is 0 Å². The number of likely N-dealkylation sites (tertiary alicyclic amines) is 1. The highest BCUT2D eigenvalue weighted by Crippen LogP contribution is 2.28. The second-order valence-electron chi connectivity index (χ2n) is 9.20. The van der Waals surface area contributed by atoms with E-state index in [9.17, 15) is 21.6 Å². The van der Waals surface area contributed by atoms with Gasteiger partial charge in [0.15, 0.2) is 0 Å². The summed E-state index contributed by atoms with van der Waals surface area (Å²) in [4.78, 5) is 15.3. The Hall–Kier alpha value is -1.49. The van der Waals surface area contributed by atoms with Crippen LogP contribution >= 0.6 is 0 Å². The van der Waals surface area contributed by atoms with Gasteiger partial charge in [0.2, 0.25) is 26.0 Å². The molecule has 2 heterocycles. The number of nitrogens with one attached hydrogen (secondary N) is 1. The first kappa shape index (κ1) is 25.1. The number of sulfonamides is 2. The average molecular weight is 486 g/mol. The molecule has 10 heteroatoms. The topological polar surface area (TPSA) is 104 Å². The molecule has 0 spiro atoms. The highest BCUT2D eigenvalue weighted by molar-refractivity contribution is 7.89. The molecule has 0 bridgehead atoms. The summed E-state index contributed by atoms with van der Waals surface area (Å²) in [6, 6.07) is 6.89. The normalized spacial score (nSPS) is 21.8. The lowest BCUT2D eigenvalue weighted by Crippen LogP contribution is -2.52. The molecule has 2 fully saturated rings. The molecule has 180 valence electrons. The Kier molecular flexibility index (Phi) is 8.01. The molecule has 1 aromatic carbocycles. The van der Waals surface area contributed by atoms with Crippen molar-refractivity contribution in [1.29, 1.82) is 0 Å². The first-order chi connectivity index (χ1) is 15.0. The number of nitrogens with zero attached hydrogens (tertiary/aromatic N) is 2. The minimum absolute atomic E-state index is 0.0170. The zero-order valence-corrected chi connectivity index (χ0v) is 20.8. The Balaban J connectivity index is 1.62. The van der Waals surface area contributed by atoms with Gasteiger partial charge in [-0.25, -0.2) is 21.6 Å². The van der Waals surface area contributed by atoms with Crippen molar-refractivity contribution in [1.82, 2.24) is 13.9 Å². The van der Waals surface area contributed by atoms with E-state index in [0.29, 0.717) is 38.4 Å². The molecule has 1 atom stereocenters. The molecule has 2 aliphatic rings. The van der Waals surface area contributed by atoms with E-state index >= 15 is 0 Å². The van der Waals surface area contributed by atoms with E-state index in [-0.39, 0.29) is 29.3 Å². The molecule has 0 aliphatic carbocycles. The van der Waals surface area contributed by atoms with Gasteiger partial charge in [-0.3, -0.25) is 4.79 Å². The van der Waals surface area contributed by atoms with Gasteiger partial charge in [-0.2, -0.15) is 4.31 Å². The number of hydrogen-bond acceptors (Lipinski definition) is 5. The number of rotatable bonds is 7. The summed E-state index contributed by atoms with van der Waals surface area (Å²) < 4.78 is 53.0. The van der Waals surface area contributed by atoms with Crippen LogP contribution in [0.4, 0.5) is 0 Å². The summed E-state index contributed by atoms with van der Waals surface area (Å²) in [5, 5.41) is 0. The summed E-state index contributed by atoms with van der Waals surface area (Å²) in [5.41, 5.74) is 1.09. The smallest absolute Gasteiger partial charge is 0.243 e. The highest BCUT2D eigenvalue weighted by atomic mass is 32.2. The fourth-order valence-corrected chi connectivity index (χ4v) is 6.47. The van der Waals surface area contributed by atoms with Crippen molar-refractivity contribution in [3.63, 3.8) is 0 Å². The van der Waals surface area contributed by atoms with Gasteiger partial charge in [-0.1, -0.05) is 26.0 Å². The zero-order valence-electron chi connectivity index (χ0n) is 19.2. The van der Waals surface area contributed by atoms with Gasteiger partial charge in [0.05, 0.1) is 11.2 Å². The SMILES string of the molecule is CC(C)c1ccc(S(=O)(=O)N2CCC(C(=O)N3CCCCC3CNS(C)(=O)=O)CC2)cc1. The summed E-state index contributed by atoms with van der Waals surface area (Å²) >= 11 is 0. The molecule has 1 amide bonds. The van der Waals surface area contributed by atoms with Crippen molar-refractivity contribution < 1.29 is 21.6 Å². The maximum absolute atomic E-state index is 13.2. The largest absolute Gasteiger partial charge is 0.338 e. The monoisotopic (exact) mass is 485 g/mol. The lowest BCUT2D eigenvalue weighted by Gasteiger charge is -2.39. The molecule has 0 radical (unpaired) electrons. The highest BCUT2D eigenvalue weighted by Gasteiger charge is 2.36. The zero-order chi connectivity index (χ0) is 23.5. The van der Waals surface area contributed by atoms with E-state index in [0.717, 1.165) is 31.1 Å². The predicted octanol–water partition coefficient (Wildman–Crippen LogP) is 2.14. The van der Waals surface area contributed by atoms with Crippen LogP contribution in [0, 0.1) is 5.92 Å². The van der Waals surface area contributed by atoms with Crippen LogP contribution in [0.25, 0.3) is 0 Å². The number of amides is 1. The summed E-state index contributed by atoms with van der Waals surface area (Å²) in [7, 11) is -6.90. The van der Waals surface area contributed by atoms with Crippen LogP contribution < -0.4 is 4.72 Å². The van der Waals surface area contributed by atoms with Crippen LogP contribution in [0.2, 0.25) is 0 Å². The molecule has 32 heavy (non-hydrogen) atoms. The van der Waals surface area contributed by atoms with E-state index in [4.69, 9.17) is 0 Å². The Morgan fingerprint density at radius 1 is 1.00 bits per heavy atom. The fourth-order valence-electron chi connectivity index (χ4n) is 4.50. The van der Waals surface area contributed by atoms with E-state index in [1.807, 2.05) is 12.1 Å². The number of carbonyl (C=O) groups is 1. The van der Waals surface area contributed by atoms with Crippen molar-refractivity contribution in [3.05, 3.63) is 29.8 Å². The molecular formula is C22H35N3O5S2. The van der Waals surface area contributed by atoms with Crippen LogP contribution in [-0.4, -0.2) is 70.4 Å².